The van der Waals surface area contributed by atoms with Crippen molar-refractivity contribution in [2.45, 2.75) is 6.10 Å². The Labute approximate surface area is 101 Å². The molecular weight excluding hydrogens is 224 g/mol. The molecule has 0 aromatic heterocycles. The van der Waals surface area contributed by atoms with Gasteiger partial charge in [-0.25, -0.2) is 0 Å². The van der Waals surface area contributed by atoms with Crippen LogP contribution in [-0.4, -0.2) is 69.2 Å². The molecule has 1 heterocycles. The number of hydrogen-bond acceptors (Lipinski definition) is 5. The number of ether oxygens (including phenoxy) is 1. The second-order valence-electron chi connectivity index (χ2n) is 4.01. The van der Waals surface area contributed by atoms with Crippen LogP contribution in [0.4, 0.5) is 0 Å². The molecule has 0 spiro atoms. The van der Waals surface area contributed by atoms with Crippen LogP contribution in [0.25, 0.3) is 0 Å². The second-order valence-corrected chi connectivity index (χ2v) is 4.01. The van der Waals surface area contributed by atoms with E-state index in [4.69, 9.17) is 10.5 Å². The average molecular weight is 244 g/mol. The summed E-state index contributed by atoms with van der Waals surface area (Å²) in [4.78, 5) is 24.7. The van der Waals surface area contributed by atoms with Gasteiger partial charge in [-0.2, -0.15) is 0 Å². The summed E-state index contributed by atoms with van der Waals surface area (Å²) < 4.78 is 5.45. The van der Waals surface area contributed by atoms with Crippen molar-refractivity contribution >= 4 is 11.8 Å². The first-order valence-corrected chi connectivity index (χ1v) is 5.69. The Balaban J connectivity index is 2.20. The fourth-order valence-corrected chi connectivity index (χ4v) is 1.54. The Hall–Kier alpha value is -1.18. The van der Waals surface area contributed by atoms with E-state index in [1.807, 2.05) is 7.05 Å². The van der Waals surface area contributed by atoms with Crippen molar-refractivity contribution in [1.82, 2.24) is 15.5 Å². The van der Waals surface area contributed by atoms with Crippen LogP contribution in [0, 0.1) is 0 Å². The zero-order valence-electron chi connectivity index (χ0n) is 10.1. The van der Waals surface area contributed by atoms with Gasteiger partial charge in [-0.1, -0.05) is 0 Å². The van der Waals surface area contributed by atoms with Gasteiger partial charge in [0, 0.05) is 32.7 Å². The molecule has 4 N–H and O–H groups in total. The number of nitrogens with zero attached hydrogens (tertiary/aromatic N) is 1. The SMILES string of the molecule is CN1CCOC(CNC(=O)C(=O)NCCN)C1. The largest absolute Gasteiger partial charge is 0.374 e. The molecule has 0 aromatic rings. The fraction of sp³-hybridized carbons (Fsp3) is 0.800. The molecule has 17 heavy (non-hydrogen) atoms. The molecule has 1 atom stereocenters. The highest BCUT2D eigenvalue weighted by Crippen LogP contribution is 2.01. The molecule has 7 nitrogen and oxygen atoms in total. The number of carbonyl (C=O) groups is 2. The van der Waals surface area contributed by atoms with Gasteiger partial charge < -0.3 is 26.0 Å². The number of nitrogens with one attached hydrogen (secondary N) is 2. The van der Waals surface area contributed by atoms with E-state index in [1.165, 1.54) is 0 Å². The summed E-state index contributed by atoms with van der Waals surface area (Å²) in [5.74, 6) is -1.30. The molecule has 1 saturated heterocycles. The quantitative estimate of drug-likeness (QED) is 0.475. The van der Waals surface area contributed by atoms with Crippen LogP contribution in [0.1, 0.15) is 0 Å². The lowest BCUT2D eigenvalue weighted by Gasteiger charge is -2.29. The number of likely N-dealkylation sites (N-methyl/N-ethyl adjacent to an activating group) is 1. The van der Waals surface area contributed by atoms with Crippen LogP contribution in [0.2, 0.25) is 0 Å². The molecule has 1 unspecified atom stereocenters. The minimum atomic E-state index is -0.653. The van der Waals surface area contributed by atoms with E-state index >= 15 is 0 Å². The molecule has 98 valence electrons. The maximum absolute atomic E-state index is 11.3. The van der Waals surface area contributed by atoms with Crippen molar-refractivity contribution in [3.63, 3.8) is 0 Å². The van der Waals surface area contributed by atoms with Gasteiger partial charge in [0.2, 0.25) is 0 Å². The summed E-state index contributed by atoms with van der Waals surface area (Å²) in [6.07, 6.45) is -0.0555. The van der Waals surface area contributed by atoms with E-state index in [-0.39, 0.29) is 6.10 Å². The monoisotopic (exact) mass is 244 g/mol. The van der Waals surface area contributed by atoms with E-state index < -0.39 is 11.8 Å². The summed E-state index contributed by atoms with van der Waals surface area (Å²) in [6.45, 7) is 3.26. The van der Waals surface area contributed by atoms with E-state index in [0.717, 1.165) is 13.1 Å². The van der Waals surface area contributed by atoms with Gasteiger partial charge in [-0.05, 0) is 7.05 Å². The molecular formula is C10H20N4O3. The molecule has 0 bridgehead atoms. The average Bonchev–Trinajstić information content (AvgIpc) is 2.33. The van der Waals surface area contributed by atoms with Crippen molar-refractivity contribution in [2.75, 3.05) is 46.4 Å². The number of nitrogens with two attached hydrogens (primary N) is 1. The number of amides is 2. The van der Waals surface area contributed by atoms with Gasteiger partial charge in [0.25, 0.3) is 0 Å². The fourth-order valence-electron chi connectivity index (χ4n) is 1.54. The second kappa shape index (κ2) is 7.21. The maximum Gasteiger partial charge on any atom is 0.309 e. The zero-order valence-corrected chi connectivity index (χ0v) is 10.1. The van der Waals surface area contributed by atoms with Crippen molar-refractivity contribution in [3.05, 3.63) is 0 Å². The van der Waals surface area contributed by atoms with Gasteiger partial charge in [0.1, 0.15) is 0 Å². The third kappa shape index (κ3) is 5.12. The molecule has 1 rings (SSSR count). The topological polar surface area (TPSA) is 96.7 Å². The van der Waals surface area contributed by atoms with E-state index in [0.29, 0.717) is 26.2 Å². The standard InChI is InChI=1S/C10H20N4O3/c1-14-4-5-17-8(7-14)6-13-10(16)9(15)12-3-2-11/h8H,2-7,11H2,1H3,(H,12,15)(H,13,16). The highest BCUT2D eigenvalue weighted by Gasteiger charge is 2.20. The summed E-state index contributed by atoms with van der Waals surface area (Å²) in [7, 11) is 1.99. The van der Waals surface area contributed by atoms with Crippen LogP contribution >= 0.6 is 0 Å². The van der Waals surface area contributed by atoms with Crippen LogP contribution in [0.3, 0.4) is 0 Å². The van der Waals surface area contributed by atoms with Gasteiger partial charge >= 0.3 is 11.8 Å². The first-order valence-electron chi connectivity index (χ1n) is 5.69. The van der Waals surface area contributed by atoms with Gasteiger partial charge in [-0.15, -0.1) is 0 Å². The molecule has 0 saturated carbocycles. The molecule has 1 fully saturated rings. The Morgan fingerprint density at radius 3 is 2.76 bits per heavy atom. The lowest BCUT2D eigenvalue weighted by Crippen LogP contribution is -2.49. The van der Waals surface area contributed by atoms with Crippen LogP contribution < -0.4 is 16.4 Å². The third-order valence-electron chi connectivity index (χ3n) is 2.47. The summed E-state index contributed by atoms with van der Waals surface area (Å²) in [5, 5.41) is 4.94. The predicted octanol–water partition coefficient (Wildman–Crippen LogP) is -2.49. The Bertz CT molecular complexity index is 272. The first kappa shape index (κ1) is 13.9. The molecule has 7 heteroatoms. The number of morpholine rings is 1. The molecule has 0 aromatic carbocycles. The van der Waals surface area contributed by atoms with Gasteiger partial charge in [0.05, 0.1) is 12.7 Å². The van der Waals surface area contributed by atoms with Gasteiger partial charge in [-0.3, -0.25) is 9.59 Å². The van der Waals surface area contributed by atoms with E-state index in [1.54, 1.807) is 0 Å². The zero-order chi connectivity index (χ0) is 12.7. The molecule has 0 radical (unpaired) electrons. The molecule has 2 amide bonds. The first-order chi connectivity index (χ1) is 8.13. The predicted molar refractivity (Wildman–Crippen MR) is 62.3 cm³/mol. The van der Waals surface area contributed by atoms with Crippen molar-refractivity contribution < 1.29 is 14.3 Å². The number of hydrogen-bond donors (Lipinski definition) is 3. The van der Waals surface area contributed by atoms with Crippen LogP contribution in [0.15, 0.2) is 0 Å². The van der Waals surface area contributed by atoms with Crippen molar-refractivity contribution in [3.8, 4) is 0 Å². The summed E-state index contributed by atoms with van der Waals surface area (Å²) >= 11 is 0. The lowest BCUT2D eigenvalue weighted by molar-refractivity contribution is -0.139. The van der Waals surface area contributed by atoms with Crippen LogP contribution in [0.5, 0.6) is 0 Å². The number of carbonyl (C=O) groups excluding carboxylic acids is 2. The maximum atomic E-state index is 11.3. The molecule has 1 aliphatic rings. The van der Waals surface area contributed by atoms with E-state index in [2.05, 4.69) is 15.5 Å². The Morgan fingerprint density at radius 2 is 2.12 bits per heavy atom. The molecule has 0 aliphatic carbocycles. The normalized spacial score (nSPS) is 20.9. The Kier molecular flexibility index (Phi) is 5.88. The lowest BCUT2D eigenvalue weighted by atomic mass is 10.3. The van der Waals surface area contributed by atoms with E-state index in [9.17, 15) is 9.59 Å². The summed E-state index contributed by atoms with van der Waals surface area (Å²) in [6, 6.07) is 0. The van der Waals surface area contributed by atoms with Crippen molar-refractivity contribution in [2.24, 2.45) is 5.73 Å². The van der Waals surface area contributed by atoms with Gasteiger partial charge in [0.15, 0.2) is 0 Å². The minimum Gasteiger partial charge on any atom is -0.374 e. The van der Waals surface area contributed by atoms with Crippen LogP contribution in [-0.2, 0) is 14.3 Å². The highest BCUT2D eigenvalue weighted by molar-refractivity contribution is 6.35. The molecule has 1 aliphatic heterocycles. The summed E-state index contributed by atoms with van der Waals surface area (Å²) in [5.41, 5.74) is 5.21. The highest BCUT2D eigenvalue weighted by atomic mass is 16.5. The third-order valence-corrected chi connectivity index (χ3v) is 2.47. The smallest absolute Gasteiger partial charge is 0.309 e. The van der Waals surface area contributed by atoms with Crippen molar-refractivity contribution in [1.29, 1.82) is 0 Å². The number of rotatable bonds is 4. The Morgan fingerprint density at radius 1 is 1.41 bits per heavy atom. The minimum absolute atomic E-state index is 0.0555.